The van der Waals surface area contributed by atoms with Gasteiger partial charge in [-0.3, -0.25) is 9.48 Å². The van der Waals surface area contributed by atoms with Crippen LogP contribution in [-0.4, -0.2) is 46.4 Å². The number of carbonyl (C=O) groups excluding carboxylic acids is 1. The van der Waals surface area contributed by atoms with E-state index < -0.39 is 0 Å². The Bertz CT molecular complexity index is 654. The second-order valence-electron chi connectivity index (χ2n) is 5.41. The predicted octanol–water partition coefficient (Wildman–Crippen LogP) is 1.64. The molecule has 1 aliphatic heterocycles. The van der Waals surface area contributed by atoms with Crippen molar-refractivity contribution in [1.29, 1.82) is 0 Å². The molecule has 1 aromatic heterocycles. The molecule has 1 aliphatic rings. The summed E-state index contributed by atoms with van der Waals surface area (Å²) in [5.41, 5.74) is 1.57. The van der Waals surface area contributed by atoms with E-state index >= 15 is 0 Å². The minimum atomic E-state index is -0.249. The zero-order valence-corrected chi connectivity index (χ0v) is 12.4. The number of carbonyl (C=O) groups is 1. The summed E-state index contributed by atoms with van der Waals surface area (Å²) in [6, 6.07) is 8.10. The van der Waals surface area contributed by atoms with Crippen LogP contribution < -0.4 is 0 Å². The Morgan fingerprint density at radius 2 is 2.14 bits per heavy atom. The molecular weight excluding hydrogens is 285 g/mol. The van der Waals surface area contributed by atoms with Crippen LogP contribution in [0.2, 0.25) is 0 Å². The van der Waals surface area contributed by atoms with E-state index in [0.29, 0.717) is 31.8 Å². The summed E-state index contributed by atoms with van der Waals surface area (Å²) >= 11 is 0. The highest BCUT2D eigenvalue weighted by Gasteiger charge is 2.26. The van der Waals surface area contributed by atoms with Gasteiger partial charge in [0.15, 0.2) is 0 Å². The lowest BCUT2D eigenvalue weighted by molar-refractivity contribution is -0.0211. The molecule has 1 fully saturated rings. The lowest BCUT2D eigenvalue weighted by atomic mass is 10.1. The van der Waals surface area contributed by atoms with Crippen LogP contribution in [0.1, 0.15) is 16.1 Å². The molecule has 0 radical (unpaired) electrons. The number of benzene rings is 1. The van der Waals surface area contributed by atoms with Crippen LogP contribution in [0.4, 0.5) is 4.39 Å². The van der Waals surface area contributed by atoms with Crippen molar-refractivity contribution in [2.75, 3.05) is 19.7 Å². The molecule has 22 heavy (non-hydrogen) atoms. The second-order valence-corrected chi connectivity index (χ2v) is 5.41. The second kappa shape index (κ2) is 6.27. The number of morpholine rings is 1. The fourth-order valence-corrected chi connectivity index (χ4v) is 2.66. The number of ether oxygens (including phenoxy) is 1. The van der Waals surface area contributed by atoms with Gasteiger partial charge in [-0.05, 0) is 23.8 Å². The predicted molar refractivity (Wildman–Crippen MR) is 79.0 cm³/mol. The molecule has 2 heterocycles. The smallest absolute Gasteiger partial charge is 0.272 e. The van der Waals surface area contributed by atoms with Gasteiger partial charge in [0.1, 0.15) is 11.5 Å². The van der Waals surface area contributed by atoms with E-state index in [1.54, 1.807) is 41.0 Å². The van der Waals surface area contributed by atoms with Crippen LogP contribution in [0.3, 0.4) is 0 Å². The lowest BCUT2D eigenvalue weighted by Crippen LogP contribution is -2.46. The highest BCUT2D eigenvalue weighted by Crippen LogP contribution is 2.14. The van der Waals surface area contributed by atoms with Crippen LogP contribution in [0.5, 0.6) is 0 Å². The number of rotatable bonds is 3. The van der Waals surface area contributed by atoms with Crippen LogP contribution in [-0.2, 0) is 18.2 Å². The number of aryl methyl sites for hydroxylation is 1. The molecule has 6 heteroatoms. The standard InChI is InChI=1S/C16H18FN3O2/c1-19-15(6-7-18-19)16(21)20-8-9-22-14(11-20)10-12-2-4-13(17)5-3-12/h2-7,14H,8-11H2,1H3. The van der Waals surface area contributed by atoms with Crippen LogP contribution in [0.15, 0.2) is 36.5 Å². The van der Waals surface area contributed by atoms with Gasteiger partial charge in [-0.15, -0.1) is 0 Å². The van der Waals surface area contributed by atoms with E-state index in [0.717, 1.165) is 5.56 Å². The topological polar surface area (TPSA) is 47.4 Å². The van der Waals surface area contributed by atoms with E-state index in [9.17, 15) is 9.18 Å². The molecule has 0 saturated carbocycles. The molecule has 1 unspecified atom stereocenters. The number of aromatic nitrogens is 2. The molecule has 5 nitrogen and oxygen atoms in total. The fraction of sp³-hybridized carbons (Fsp3) is 0.375. The lowest BCUT2D eigenvalue weighted by Gasteiger charge is -2.33. The van der Waals surface area contributed by atoms with Crippen molar-refractivity contribution in [1.82, 2.24) is 14.7 Å². The highest BCUT2D eigenvalue weighted by atomic mass is 19.1. The molecule has 0 aliphatic carbocycles. The number of nitrogens with zero attached hydrogens (tertiary/aromatic N) is 3. The maximum absolute atomic E-state index is 12.9. The normalized spacial score (nSPS) is 18.5. The third kappa shape index (κ3) is 3.17. The molecule has 1 saturated heterocycles. The maximum atomic E-state index is 12.9. The van der Waals surface area contributed by atoms with E-state index in [4.69, 9.17) is 4.74 Å². The molecule has 0 bridgehead atoms. The Kier molecular flexibility index (Phi) is 4.20. The Hall–Kier alpha value is -2.21. The Balaban J connectivity index is 1.65. The minimum absolute atomic E-state index is 0.0348. The molecular formula is C16H18FN3O2. The first-order chi connectivity index (χ1) is 10.6. The molecule has 1 amide bonds. The van der Waals surface area contributed by atoms with Crippen LogP contribution in [0, 0.1) is 5.82 Å². The summed E-state index contributed by atoms with van der Waals surface area (Å²) in [5, 5.41) is 4.03. The van der Waals surface area contributed by atoms with Gasteiger partial charge in [-0.25, -0.2) is 4.39 Å². The van der Waals surface area contributed by atoms with Crippen LogP contribution >= 0.6 is 0 Å². The first-order valence-corrected chi connectivity index (χ1v) is 7.27. The zero-order valence-electron chi connectivity index (χ0n) is 12.4. The number of halogens is 1. The van der Waals surface area contributed by atoms with Gasteiger partial charge in [0.2, 0.25) is 0 Å². The summed E-state index contributed by atoms with van der Waals surface area (Å²) in [6.07, 6.45) is 2.20. The fourth-order valence-electron chi connectivity index (χ4n) is 2.66. The molecule has 0 N–H and O–H groups in total. The molecule has 3 rings (SSSR count). The highest BCUT2D eigenvalue weighted by molar-refractivity contribution is 5.92. The quantitative estimate of drug-likeness (QED) is 0.866. The SMILES string of the molecule is Cn1nccc1C(=O)N1CCOC(Cc2ccc(F)cc2)C1. The Morgan fingerprint density at radius 1 is 1.36 bits per heavy atom. The maximum Gasteiger partial charge on any atom is 0.272 e. The van der Waals surface area contributed by atoms with Gasteiger partial charge in [0.25, 0.3) is 5.91 Å². The van der Waals surface area contributed by atoms with Crippen molar-refractivity contribution in [3.8, 4) is 0 Å². The summed E-state index contributed by atoms with van der Waals surface area (Å²) in [6.45, 7) is 1.61. The van der Waals surface area contributed by atoms with E-state index in [-0.39, 0.29) is 17.8 Å². The molecule has 116 valence electrons. The van der Waals surface area contributed by atoms with Gasteiger partial charge in [0.05, 0.1) is 12.7 Å². The van der Waals surface area contributed by atoms with Gasteiger partial charge in [-0.1, -0.05) is 12.1 Å². The summed E-state index contributed by atoms with van der Waals surface area (Å²) in [7, 11) is 1.75. The summed E-state index contributed by atoms with van der Waals surface area (Å²) in [5.74, 6) is -0.284. The largest absolute Gasteiger partial charge is 0.374 e. The van der Waals surface area contributed by atoms with Gasteiger partial charge >= 0.3 is 0 Å². The average Bonchev–Trinajstić information content (AvgIpc) is 2.95. The Labute approximate surface area is 128 Å². The minimum Gasteiger partial charge on any atom is -0.374 e. The monoisotopic (exact) mass is 303 g/mol. The van der Waals surface area contributed by atoms with Gasteiger partial charge < -0.3 is 9.64 Å². The van der Waals surface area contributed by atoms with Crippen molar-refractivity contribution in [2.24, 2.45) is 7.05 Å². The van der Waals surface area contributed by atoms with Crippen molar-refractivity contribution >= 4 is 5.91 Å². The van der Waals surface area contributed by atoms with Crippen molar-refractivity contribution in [3.63, 3.8) is 0 Å². The Morgan fingerprint density at radius 3 is 2.82 bits per heavy atom. The average molecular weight is 303 g/mol. The number of amides is 1. The van der Waals surface area contributed by atoms with Gasteiger partial charge in [0, 0.05) is 32.8 Å². The van der Waals surface area contributed by atoms with Crippen molar-refractivity contribution < 1.29 is 13.9 Å². The molecule has 2 aromatic rings. The van der Waals surface area contributed by atoms with E-state index in [1.165, 1.54) is 12.1 Å². The molecule has 0 spiro atoms. The van der Waals surface area contributed by atoms with E-state index in [2.05, 4.69) is 5.10 Å². The van der Waals surface area contributed by atoms with Crippen molar-refractivity contribution in [2.45, 2.75) is 12.5 Å². The van der Waals surface area contributed by atoms with Crippen LogP contribution in [0.25, 0.3) is 0 Å². The first-order valence-electron chi connectivity index (χ1n) is 7.27. The number of hydrogen-bond donors (Lipinski definition) is 0. The molecule has 1 aromatic carbocycles. The zero-order chi connectivity index (χ0) is 15.5. The molecule has 1 atom stereocenters. The first kappa shape index (κ1) is 14.7. The van der Waals surface area contributed by atoms with Gasteiger partial charge in [-0.2, -0.15) is 5.10 Å². The third-order valence-electron chi connectivity index (χ3n) is 3.84. The number of hydrogen-bond acceptors (Lipinski definition) is 3. The van der Waals surface area contributed by atoms with E-state index in [1.807, 2.05) is 0 Å². The summed E-state index contributed by atoms with van der Waals surface area (Å²) in [4.78, 5) is 14.3. The third-order valence-corrected chi connectivity index (χ3v) is 3.84. The summed E-state index contributed by atoms with van der Waals surface area (Å²) < 4.78 is 20.2. The van der Waals surface area contributed by atoms with Crippen molar-refractivity contribution in [3.05, 3.63) is 53.6 Å².